The van der Waals surface area contributed by atoms with Gasteiger partial charge in [-0.15, -0.1) is 0 Å². The van der Waals surface area contributed by atoms with Gasteiger partial charge in [0.15, 0.2) is 0 Å². The molecule has 0 aromatic carbocycles. The average Bonchev–Trinajstić information content (AvgIpc) is 2.43. The third kappa shape index (κ3) is 2.16. The molecule has 0 bridgehead atoms. The summed E-state index contributed by atoms with van der Waals surface area (Å²) in [5.74, 6) is 0.0319. The maximum absolute atomic E-state index is 12.1. The van der Waals surface area contributed by atoms with Gasteiger partial charge in [0.25, 0.3) is 0 Å². The third-order valence-corrected chi connectivity index (χ3v) is 3.42. The number of nitrogens with two attached hydrogens (primary N) is 1. The van der Waals surface area contributed by atoms with Crippen molar-refractivity contribution >= 4 is 11.8 Å². The van der Waals surface area contributed by atoms with Gasteiger partial charge in [0.05, 0.1) is 5.41 Å². The summed E-state index contributed by atoms with van der Waals surface area (Å²) in [7, 11) is 0. The number of carbonyl (C=O) groups is 2. The molecule has 1 saturated heterocycles. The molecule has 4 heteroatoms. The number of amides is 2. The first kappa shape index (κ1) is 12.9. The van der Waals surface area contributed by atoms with Crippen LogP contribution in [0, 0.1) is 11.3 Å². The Balaban J connectivity index is 2.79. The minimum Gasteiger partial charge on any atom is -0.327 e. The normalized spacial score (nSPS) is 26.4. The number of nitrogens with zero attached hydrogens (tertiary/aromatic N) is 1. The Morgan fingerprint density at radius 3 is 2.50 bits per heavy atom. The van der Waals surface area contributed by atoms with Crippen LogP contribution in [0.15, 0.2) is 12.2 Å². The summed E-state index contributed by atoms with van der Waals surface area (Å²) >= 11 is 0. The predicted octanol–water partition coefficient (Wildman–Crippen LogP) is 0.923. The van der Waals surface area contributed by atoms with Crippen LogP contribution in [-0.2, 0) is 9.59 Å². The van der Waals surface area contributed by atoms with Gasteiger partial charge in [-0.25, -0.2) is 0 Å². The molecule has 1 aliphatic heterocycles. The van der Waals surface area contributed by atoms with E-state index in [4.69, 9.17) is 5.73 Å². The highest BCUT2D eigenvalue weighted by atomic mass is 16.2. The molecule has 4 nitrogen and oxygen atoms in total. The first-order valence-electron chi connectivity index (χ1n) is 5.63. The first-order chi connectivity index (χ1) is 7.43. The smallest absolute Gasteiger partial charge is 0.236 e. The zero-order valence-electron chi connectivity index (χ0n) is 10.2. The van der Waals surface area contributed by atoms with Gasteiger partial charge in [0.1, 0.15) is 0 Å². The van der Waals surface area contributed by atoms with Crippen LogP contribution in [0.25, 0.3) is 0 Å². The summed E-state index contributed by atoms with van der Waals surface area (Å²) < 4.78 is 0. The van der Waals surface area contributed by atoms with Gasteiger partial charge in [-0.1, -0.05) is 26.0 Å². The van der Waals surface area contributed by atoms with Crippen molar-refractivity contribution in [2.45, 2.75) is 27.2 Å². The Morgan fingerprint density at radius 1 is 1.44 bits per heavy atom. The van der Waals surface area contributed by atoms with E-state index in [1.165, 1.54) is 4.90 Å². The lowest BCUT2D eigenvalue weighted by Gasteiger charge is -2.25. The van der Waals surface area contributed by atoms with Crippen molar-refractivity contribution < 1.29 is 9.59 Å². The van der Waals surface area contributed by atoms with Crippen LogP contribution in [0.4, 0.5) is 0 Å². The molecule has 1 aliphatic rings. The molecule has 0 radical (unpaired) electrons. The molecule has 1 fully saturated rings. The van der Waals surface area contributed by atoms with E-state index in [0.717, 1.165) is 0 Å². The quantitative estimate of drug-likeness (QED) is 0.570. The molecule has 90 valence electrons. The van der Waals surface area contributed by atoms with E-state index < -0.39 is 5.41 Å². The predicted molar refractivity (Wildman–Crippen MR) is 62.5 cm³/mol. The molecular weight excluding hydrogens is 204 g/mol. The minimum atomic E-state index is -0.534. The van der Waals surface area contributed by atoms with Crippen molar-refractivity contribution in [3.05, 3.63) is 12.2 Å². The molecule has 1 rings (SSSR count). The lowest BCUT2D eigenvalue weighted by molar-refractivity contribution is -0.141. The number of hydrogen-bond donors (Lipinski definition) is 1. The Hall–Kier alpha value is -1.16. The first-order valence-corrected chi connectivity index (χ1v) is 5.63. The summed E-state index contributed by atoms with van der Waals surface area (Å²) in [6.45, 7) is 6.59. The van der Waals surface area contributed by atoms with Crippen LogP contribution in [0.2, 0.25) is 0 Å². The van der Waals surface area contributed by atoms with Gasteiger partial charge >= 0.3 is 0 Å². The van der Waals surface area contributed by atoms with Crippen molar-refractivity contribution in [2.24, 2.45) is 17.1 Å². The molecule has 2 N–H and O–H groups in total. The number of carbonyl (C=O) groups excluding carboxylic acids is 2. The second-order valence-electron chi connectivity index (χ2n) is 4.77. The summed E-state index contributed by atoms with van der Waals surface area (Å²) in [4.78, 5) is 25.2. The van der Waals surface area contributed by atoms with Gasteiger partial charge in [-0.05, 0) is 12.8 Å². The van der Waals surface area contributed by atoms with Crippen molar-refractivity contribution in [1.82, 2.24) is 4.90 Å². The highest BCUT2D eigenvalue weighted by molar-refractivity contribution is 6.05. The topological polar surface area (TPSA) is 63.4 Å². The Bertz CT molecular complexity index is 323. The van der Waals surface area contributed by atoms with Gasteiger partial charge in [-0.2, -0.15) is 0 Å². The minimum absolute atomic E-state index is 0.0610. The lowest BCUT2D eigenvalue weighted by atomic mass is 9.78. The van der Waals surface area contributed by atoms with E-state index in [2.05, 4.69) is 0 Å². The highest BCUT2D eigenvalue weighted by Gasteiger charge is 2.49. The zero-order valence-corrected chi connectivity index (χ0v) is 10.2. The molecular formula is C12H20N2O2. The number of likely N-dealkylation sites (tertiary alicyclic amines) is 1. The zero-order chi connectivity index (χ0) is 12.3. The van der Waals surface area contributed by atoms with E-state index in [9.17, 15) is 9.59 Å². The molecule has 1 atom stereocenters. The lowest BCUT2D eigenvalue weighted by Crippen LogP contribution is -2.36. The Kier molecular flexibility index (Phi) is 3.86. The SMILES string of the molecule is CC(C)C1(C)CC(=O)N(C/C=C/CN)C1=O. The summed E-state index contributed by atoms with van der Waals surface area (Å²) in [6, 6.07) is 0. The van der Waals surface area contributed by atoms with Crippen LogP contribution in [0.3, 0.4) is 0 Å². The largest absolute Gasteiger partial charge is 0.327 e. The fraction of sp³-hybridized carbons (Fsp3) is 0.667. The highest BCUT2D eigenvalue weighted by Crippen LogP contribution is 2.38. The molecule has 1 heterocycles. The maximum Gasteiger partial charge on any atom is 0.236 e. The van der Waals surface area contributed by atoms with Gasteiger partial charge < -0.3 is 5.73 Å². The number of rotatable bonds is 4. The van der Waals surface area contributed by atoms with Crippen LogP contribution in [-0.4, -0.2) is 29.8 Å². The molecule has 0 aliphatic carbocycles. The van der Waals surface area contributed by atoms with Crippen molar-refractivity contribution in [3.63, 3.8) is 0 Å². The number of hydrogen-bond acceptors (Lipinski definition) is 3. The Labute approximate surface area is 96.5 Å². The van der Waals surface area contributed by atoms with Crippen LogP contribution < -0.4 is 5.73 Å². The van der Waals surface area contributed by atoms with Crippen LogP contribution in [0.1, 0.15) is 27.2 Å². The summed E-state index contributed by atoms with van der Waals surface area (Å²) in [6.07, 6.45) is 3.84. The van der Waals surface area contributed by atoms with Gasteiger partial charge in [0.2, 0.25) is 11.8 Å². The third-order valence-electron chi connectivity index (χ3n) is 3.42. The fourth-order valence-electron chi connectivity index (χ4n) is 1.82. The van der Waals surface area contributed by atoms with E-state index in [-0.39, 0.29) is 17.7 Å². The van der Waals surface area contributed by atoms with Crippen LogP contribution in [0.5, 0.6) is 0 Å². The number of imide groups is 1. The molecule has 0 aromatic heterocycles. The molecule has 0 saturated carbocycles. The molecule has 1 unspecified atom stereocenters. The molecule has 0 spiro atoms. The fourth-order valence-corrected chi connectivity index (χ4v) is 1.82. The van der Waals surface area contributed by atoms with E-state index >= 15 is 0 Å². The van der Waals surface area contributed by atoms with Crippen molar-refractivity contribution in [3.8, 4) is 0 Å². The molecule has 16 heavy (non-hydrogen) atoms. The van der Waals surface area contributed by atoms with Gasteiger partial charge in [-0.3, -0.25) is 14.5 Å². The molecule has 0 aromatic rings. The summed E-state index contributed by atoms with van der Waals surface area (Å²) in [5.41, 5.74) is 4.77. The Morgan fingerprint density at radius 2 is 2.06 bits per heavy atom. The second-order valence-corrected chi connectivity index (χ2v) is 4.77. The standard InChI is InChI=1S/C12H20N2O2/c1-9(2)12(3)8-10(15)14(11(12)16)7-5-4-6-13/h4-5,9H,6-8,13H2,1-3H3/b5-4+. The van der Waals surface area contributed by atoms with E-state index in [0.29, 0.717) is 19.5 Å². The second kappa shape index (κ2) is 4.78. The van der Waals surface area contributed by atoms with Crippen LogP contribution >= 0.6 is 0 Å². The van der Waals surface area contributed by atoms with E-state index in [1.54, 1.807) is 12.2 Å². The van der Waals surface area contributed by atoms with E-state index in [1.807, 2.05) is 20.8 Å². The molecule has 2 amide bonds. The summed E-state index contributed by atoms with van der Waals surface area (Å²) in [5, 5.41) is 0. The van der Waals surface area contributed by atoms with Crippen molar-refractivity contribution in [2.75, 3.05) is 13.1 Å². The average molecular weight is 224 g/mol. The van der Waals surface area contributed by atoms with Gasteiger partial charge in [0, 0.05) is 19.5 Å². The monoisotopic (exact) mass is 224 g/mol. The van der Waals surface area contributed by atoms with Crippen molar-refractivity contribution in [1.29, 1.82) is 0 Å². The maximum atomic E-state index is 12.1.